The van der Waals surface area contributed by atoms with E-state index in [-0.39, 0.29) is 6.10 Å². The molecule has 0 saturated heterocycles. The SMILES string of the molecule is CC1(S(=O)(=O)O)CC(OCc2ccccc2)C1. The van der Waals surface area contributed by atoms with Crippen LogP contribution in [0.2, 0.25) is 0 Å². The molecule has 0 atom stereocenters. The Bertz CT molecular complexity index is 474. The van der Waals surface area contributed by atoms with Gasteiger partial charge in [-0.05, 0) is 25.3 Å². The molecule has 1 N–H and O–H groups in total. The number of benzene rings is 1. The number of ether oxygens (including phenoxy) is 1. The molecule has 2 rings (SSSR count). The standard InChI is InChI=1S/C12H16O4S/c1-12(17(13,14)15)7-11(8-12)16-9-10-5-3-2-4-6-10/h2-6,11H,7-9H2,1H3,(H,13,14,15). The molecule has 0 amide bonds. The lowest BCUT2D eigenvalue weighted by Gasteiger charge is -2.41. The van der Waals surface area contributed by atoms with Crippen molar-refractivity contribution in [3.8, 4) is 0 Å². The van der Waals surface area contributed by atoms with E-state index in [4.69, 9.17) is 9.29 Å². The molecule has 1 saturated carbocycles. The Kier molecular flexibility index (Phi) is 3.25. The smallest absolute Gasteiger partial charge is 0.270 e. The summed E-state index contributed by atoms with van der Waals surface area (Å²) in [7, 11) is -3.96. The average Bonchev–Trinajstić information content (AvgIpc) is 2.22. The highest BCUT2D eigenvalue weighted by Crippen LogP contribution is 2.40. The zero-order chi connectivity index (χ0) is 12.5. The van der Waals surface area contributed by atoms with Crippen LogP contribution in [0.4, 0.5) is 0 Å². The van der Waals surface area contributed by atoms with Crippen molar-refractivity contribution in [2.24, 2.45) is 0 Å². The molecule has 5 heteroatoms. The van der Waals surface area contributed by atoms with Crippen molar-refractivity contribution in [3.05, 3.63) is 35.9 Å². The maximum Gasteiger partial charge on any atom is 0.270 e. The van der Waals surface area contributed by atoms with Gasteiger partial charge in [0.15, 0.2) is 0 Å². The average molecular weight is 256 g/mol. The second-order valence-electron chi connectivity index (χ2n) is 4.75. The first-order chi connectivity index (χ1) is 7.91. The Hall–Kier alpha value is -0.910. The van der Waals surface area contributed by atoms with E-state index in [1.807, 2.05) is 30.3 Å². The second-order valence-corrected chi connectivity index (χ2v) is 6.69. The molecule has 1 aliphatic carbocycles. The molecule has 0 unspecified atom stereocenters. The third kappa shape index (κ3) is 2.68. The van der Waals surface area contributed by atoms with Gasteiger partial charge in [0, 0.05) is 0 Å². The van der Waals surface area contributed by atoms with Gasteiger partial charge in [-0.15, -0.1) is 0 Å². The van der Waals surface area contributed by atoms with Crippen molar-refractivity contribution in [1.29, 1.82) is 0 Å². The van der Waals surface area contributed by atoms with E-state index < -0.39 is 14.9 Å². The van der Waals surface area contributed by atoms with E-state index in [0.29, 0.717) is 19.4 Å². The van der Waals surface area contributed by atoms with E-state index in [9.17, 15) is 8.42 Å². The predicted molar refractivity (Wildman–Crippen MR) is 64.2 cm³/mol. The van der Waals surface area contributed by atoms with Crippen molar-refractivity contribution in [1.82, 2.24) is 0 Å². The maximum atomic E-state index is 11.1. The van der Waals surface area contributed by atoms with Gasteiger partial charge in [0.2, 0.25) is 0 Å². The van der Waals surface area contributed by atoms with Crippen LogP contribution in [-0.4, -0.2) is 23.8 Å². The lowest BCUT2D eigenvalue weighted by Crippen LogP contribution is -2.51. The first kappa shape index (κ1) is 12.5. The van der Waals surface area contributed by atoms with E-state index >= 15 is 0 Å². The van der Waals surface area contributed by atoms with Gasteiger partial charge in [0.05, 0.1) is 17.5 Å². The van der Waals surface area contributed by atoms with Gasteiger partial charge in [0.25, 0.3) is 10.1 Å². The summed E-state index contributed by atoms with van der Waals surface area (Å²) in [5.41, 5.74) is 1.06. The molecule has 1 aliphatic rings. The molecular formula is C12H16O4S. The number of rotatable bonds is 4. The van der Waals surface area contributed by atoms with Gasteiger partial charge in [0.1, 0.15) is 0 Å². The van der Waals surface area contributed by atoms with Crippen molar-refractivity contribution < 1.29 is 17.7 Å². The Morgan fingerprint density at radius 3 is 2.47 bits per heavy atom. The minimum atomic E-state index is -3.96. The van der Waals surface area contributed by atoms with E-state index in [2.05, 4.69) is 0 Å². The topological polar surface area (TPSA) is 63.6 Å². The van der Waals surface area contributed by atoms with Gasteiger partial charge in [-0.3, -0.25) is 4.55 Å². The molecule has 0 spiro atoms. The molecule has 4 nitrogen and oxygen atoms in total. The molecular weight excluding hydrogens is 240 g/mol. The van der Waals surface area contributed by atoms with Gasteiger partial charge in [-0.1, -0.05) is 30.3 Å². The summed E-state index contributed by atoms with van der Waals surface area (Å²) in [5.74, 6) is 0. The summed E-state index contributed by atoms with van der Waals surface area (Å²) in [6.45, 7) is 2.03. The zero-order valence-electron chi connectivity index (χ0n) is 9.67. The van der Waals surface area contributed by atoms with Crippen molar-refractivity contribution in [2.45, 2.75) is 37.2 Å². The third-order valence-corrected chi connectivity index (χ3v) is 4.85. The summed E-state index contributed by atoms with van der Waals surface area (Å²) in [4.78, 5) is 0. The quantitative estimate of drug-likeness (QED) is 0.837. The Labute approximate surface area is 101 Å². The van der Waals surface area contributed by atoms with Crippen molar-refractivity contribution >= 4 is 10.1 Å². The van der Waals surface area contributed by atoms with Crippen LogP contribution >= 0.6 is 0 Å². The van der Waals surface area contributed by atoms with E-state index in [0.717, 1.165) is 5.56 Å². The Morgan fingerprint density at radius 2 is 1.94 bits per heavy atom. The second kappa shape index (κ2) is 4.40. The van der Waals surface area contributed by atoms with Crippen molar-refractivity contribution in [2.75, 3.05) is 0 Å². The molecule has 94 valence electrons. The Morgan fingerprint density at radius 1 is 1.35 bits per heavy atom. The largest absolute Gasteiger partial charge is 0.373 e. The normalized spacial score (nSPS) is 28.7. The van der Waals surface area contributed by atoms with Gasteiger partial charge in [-0.25, -0.2) is 0 Å². The lowest BCUT2D eigenvalue weighted by molar-refractivity contribution is -0.0284. The zero-order valence-corrected chi connectivity index (χ0v) is 10.5. The number of hydrogen-bond donors (Lipinski definition) is 1. The van der Waals surface area contributed by atoms with Crippen LogP contribution < -0.4 is 0 Å². The highest BCUT2D eigenvalue weighted by atomic mass is 32.2. The molecule has 1 aromatic carbocycles. The molecule has 0 radical (unpaired) electrons. The fourth-order valence-corrected chi connectivity index (χ4v) is 2.81. The van der Waals surface area contributed by atoms with Gasteiger partial charge in [-0.2, -0.15) is 8.42 Å². The van der Waals surface area contributed by atoms with E-state index in [1.165, 1.54) is 0 Å². The minimum Gasteiger partial charge on any atom is -0.373 e. The summed E-state index contributed by atoms with van der Waals surface area (Å²) in [5, 5.41) is 0. The molecule has 0 aliphatic heterocycles. The highest BCUT2D eigenvalue weighted by molar-refractivity contribution is 7.87. The van der Waals surface area contributed by atoms with Crippen molar-refractivity contribution in [3.63, 3.8) is 0 Å². The predicted octanol–water partition coefficient (Wildman–Crippen LogP) is 2.01. The fraction of sp³-hybridized carbons (Fsp3) is 0.500. The highest BCUT2D eigenvalue weighted by Gasteiger charge is 2.50. The lowest BCUT2D eigenvalue weighted by atomic mass is 9.83. The monoisotopic (exact) mass is 256 g/mol. The molecule has 1 fully saturated rings. The fourth-order valence-electron chi connectivity index (χ4n) is 2.02. The van der Waals surface area contributed by atoms with Gasteiger partial charge < -0.3 is 4.74 Å². The molecule has 0 aromatic heterocycles. The molecule has 1 aromatic rings. The van der Waals surface area contributed by atoms with Crippen LogP contribution in [0.3, 0.4) is 0 Å². The summed E-state index contributed by atoms with van der Waals surface area (Å²) in [6, 6.07) is 9.72. The number of hydrogen-bond acceptors (Lipinski definition) is 3. The summed E-state index contributed by atoms with van der Waals surface area (Å²) in [6.07, 6.45) is 0.638. The van der Waals surface area contributed by atoms with Crippen LogP contribution in [0.5, 0.6) is 0 Å². The van der Waals surface area contributed by atoms with Crippen LogP contribution in [0.15, 0.2) is 30.3 Å². The maximum absolute atomic E-state index is 11.1. The molecule has 17 heavy (non-hydrogen) atoms. The van der Waals surface area contributed by atoms with Crippen LogP contribution in [0.25, 0.3) is 0 Å². The van der Waals surface area contributed by atoms with Crippen LogP contribution in [0, 0.1) is 0 Å². The first-order valence-electron chi connectivity index (χ1n) is 5.53. The molecule has 0 heterocycles. The van der Waals surface area contributed by atoms with E-state index in [1.54, 1.807) is 6.92 Å². The molecule has 0 bridgehead atoms. The van der Waals surface area contributed by atoms with Gasteiger partial charge >= 0.3 is 0 Å². The van der Waals surface area contributed by atoms with Crippen LogP contribution in [-0.2, 0) is 21.5 Å². The third-order valence-electron chi connectivity index (χ3n) is 3.27. The van der Waals surface area contributed by atoms with Crippen LogP contribution in [0.1, 0.15) is 25.3 Å². The summed E-state index contributed by atoms with van der Waals surface area (Å²) >= 11 is 0. The minimum absolute atomic E-state index is 0.0814. The summed E-state index contributed by atoms with van der Waals surface area (Å²) < 4.78 is 35.7. The first-order valence-corrected chi connectivity index (χ1v) is 6.97. The Balaban J connectivity index is 1.83.